The van der Waals surface area contributed by atoms with Gasteiger partial charge in [-0.3, -0.25) is 4.79 Å². The van der Waals surface area contributed by atoms with Crippen LogP contribution in [0, 0.1) is 17.3 Å². The molecular weight excluding hydrogens is 225 g/mol. The molecule has 1 aliphatic carbocycles. The van der Waals surface area contributed by atoms with Crippen molar-refractivity contribution in [2.75, 3.05) is 6.61 Å². The predicted octanol–water partition coefficient (Wildman–Crippen LogP) is 3.14. The Bertz CT molecular complexity index is 267. The van der Waals surface area contributed by atoms with Crippen LogP contribution in [0.15, 0.2) is 10.6 Å². The molecule has 0 aromatic carbocycles. The maximum atomic E-state index is 11.5. The molecular formula is C10H14Cl2O2. The molecule has 0 aromatic rings. The molecule has 1 saturated carbocycles. The zero-order valence-corrected chi connectivity index (χ0v) is 10.0. The molecule has 14 heavy (non-hydrogen) atoms. The minimum Gasteiger partial charge on any atom is -0.466 e. The van der Waals surface area contributed by atoms with Crippen molar-refractivity contribution >= 4 is 29.2 Å². The summed E-state index contributed by atoms with van der Waals surface area (Å²) in [5.41, 5.74) is -0.0821. The summed E-state index contributed by atoms with van der Waals surface area (Å²) in [5, 5.41) is 0. The molecule has 0 spiro atoms. The molecule has 1 fully saturated rings. The van der Waals surface area contributed by atoms with E-state index in [4.69, 9.17) is 27.9 Å². The first-order valence-electron chi connectivity index (χ1n) is 4.60. The molecule has 0 amide bonds. The summed E-state index contributed by atoms with van der Waals surface area (Å²) in [6.07, 6.45) is 1.71. The highest BCUT2D eigenvalue weighted by Crippen LogP contribution is 2.60. The zero-order chi connectivity index (χ0) is 10.9. The Balaban J connectivity index is 2.66. The lowest BCUT2D eigenvalue weighted by Gasteiger charge is -2.01. The fourth-order valence-electron chi connectivity index (χ4n) is 1.81. The second kappa shape index (κ2) is 4.11. The highest BCUT2D eigenvalue weighted by atomic mass is 35.5. The number of hydrogen-bond acceptors (Lipinski definition) is 2. The first-order chi connectivity index (χ1) is 6.41. The summed E-state index contributed by atoms with van der Waals surface area (Å²) in [6.45, 7) is 6.22. The SMILES string of the molecule is CCOC(=O)[C@@H]1[C@@H](C=[14C](Cl)Cl)C1(C)C. The van der Waals surface area contributed by atoms with Gasteiger partial charge in [0, 0.05) is 0 Å². The van der Waals surface area contributed by atoms with Gasteiger partial charge in [0.1, 0.15) is 4.49 Å². The minimum atomic E-state index is -0.159. The van der Waals surface area contributed by atoms with Crippen LogP contribution in [0.5, 0.6) is 0 Å². The predicted molar refractivity (Wildman–Crippen MR) is 57.2 cm³/mol. The molecule has 2 nitrogen and oxygen atoms in total. The third-order valence-corrected chi connectivity index (χ3v) is 3.01. The van der Waals surface area contributed by atoms with Gasteiger partial charge in [0.25, 0.3) is 0 Å². The van der Waals surface area contributed by atoms with E-state index in [0.717, 1.165) is 0 Å². The van der Waals surface area contributed by atoms with E-state index in [9.17, 15) is 4.79 Å². The average Bonchev–Trinajstić information content (AvgIpc) is 2.52. The normalized spacial score (nSPS) is 28.1. The molecule has 0 bridgehead atoms. The van der Waals surface area contributed by atoms with Crippen molar-refractivity contribution in [3.05, 3.63) is 10.6 Å². The summed E-state index contributed by atoms with van der Waals surface area (Å²) >= 11 is 11.1. The van der Waals surface area contributed by atoms with Gasteiger partial charge in [0.15, 0.2) is 0 Å². The Labute approximate surface area is 94.2 Å². The number of esters is 1. The van der Waals surface area contributed by atoms with E-state index in [1.807, 2.05) is 13.8 Å². The van der Waals surface area contributed by atoms with Crippen LogP contribution >= 0.6 is 23.2 Å². The number of hydrogen-bond donors (Lipinski definition) is 0. The lowest BCUT2D eigenvalue weighted by atomic mass is 10.1. The van der Waals surface area contributed by atoms with E-state index >= 15 is 0 Å². The van der Waals surface area contributed by atoms with Crippen molar-refractivity contribution in [2.45, 2.75) is 20.8 Å². The highest BCUT2D eigenvalue weighted by Gasteiger charge is 2.61. The number of carbonyl (C=O) groups is 1. The maximum Gasteiger partial charge on any atom is 0.310 e. The molecule has 0 heterocycles. The fraction of sp³-hybridized carbons (Fsp3) is 0.700. The molecule has 2 atom stereocenters. The van der Waals surface area contributed by atoms with Gasteiger partial charge in [-0.05, 0) is 24.3 Å². The van der Waals surface area contributed by atoms with Crippen molar-refractivity contribution in [3.63, 3.8) is 0 Å². The Hall–Kier alpha value is -0.210. The van der Waals surface area contributed by atoms with Crippen LogP contribution in [0.25, 0.3) is 0 Å². The largest absolute Gasteiger partial charge is 0.466 e. The van der Waals surface area contributed by atoms with E-state index < -0.39 is 0 Å². The number of ether oxygens (including phenoxy) is 1. The van der Waals surface area contributed by atoms with Crippen LogP contribution in [0.1, 0.15) is 20.8 Å². The van der Waals surface area contributed by atoms with E-state index in [1.165, 1.54) is 0 Å². The van der Waals surface area contributed by atoms with Gasteiger partial charge in [-0.25, -0.2) is 0 Å². The number of rotatable bonds is 3. The summed E-state index contributed by atoms with van der Waals surface area (Å²) in [5.74, 6) is -0.158. The highest BCUT2D eigenvalue weighted by molar-refractivity contribution is 6.55. The molecule has 0 saturated heterocycles. The minimum absolute atomic E-state index is 0.0821. The van der Waals surface area contributed by atoms with Crippen molar-refractivity contribution in [1.82, 2.24) is 0 Å². The summed E-state index contributed by atoms with van der Waals surface area (Å²) < 4.78 is 5.18. The van der Waals surface area contributed by atoms with Crippen molar-refractivity contribution in [3.8, 4) is 0 Å². The van der Waals surface area contributed by atoms with Gasteiger partial charge in [0.2, 0.25) is 0 Å². The van der Waals surface area contributed by atoms with E-state index in [2.05, 4.69) is 0 Å². The topological polar surface area (TPSA) is 26.3 Å². The zero-order valence-electron chi connectivity index (χ0n) is 8.51. The standard InChI is InChI=1S/C10H14Cl2O2/c1-4-14-9(13)8-6(5-7(11)12)10(8,2)3/h5-6,8H,4H2,1-3H3/t6-,8+/m1/s1/i7+2. The molecule has 0 aliphatic heterocycles. The Morgan fingerprint density at radius 3 is 2.57 bits per heavy atom. The number of carbonyl (C=O) groups excluding carboxylic acids is 1. The molecule has 0 N–H and O–H groups in total. The summed E-state index contributed by atoms with van der Waals surface area (Å²) in [7, 11) is 0. The van der Waals surface area contributed by atoms with Crippen LogP contribution in [0.4, 0.5) is 0 Å². The van der Waals surface area contributed by atoms with Gasteiger partial charge in [-0.2, -0.15) is 0 Å². The van der Waals surface area contributed by atoms with E-state index in [-0.39, 0.29) is 27.7 Å². The van der Waals surface area contributed by atoms with Crippen LogP contribution in [-0.2, 0) is 9.53 Å². The molecule has 1 rings (SSSR count). The third-order valence-electron chi connectivity index (χ3n) is 2.76. The monoisotopic (exact) mass is 238 g/mol. The molecule has 0 radical (unpaired) electrons. The molecule has 80 valence electrons. The van der Waals surface area contributed by atoms with Gasteiger partial charge in [-0.15, -0.1) is 0 Å². The number of allylic oxidation sites excluding steroid dienone is 1. The number of halogens is 2. The first-order valence-corrected chi connectivity index (χ1v) is 5.36. The molecule has 0 aromatic heterocycles. The van der Waals surface area contributed by atoms with E-state index in [1.54, 1.807) is 13.0 Å². The van der Waals surface area contributed by atoms with E-state index in [0.29, 0.717) is 6.61 Å². The quantitative estimate of drug-likeness (QED) is 0.707. The lowest BCUT2D eigenvalue weighted by molar-refractivity contribution is -0.145. The second-order valence-electron chi connectivity index (χ2n) is 4.03. The first kappa shape index (κ1) is 11.9. The van der Waals surface area contributed by atoms with Crippen LogP contribution < -0.4 is 0 Å². The fourth-order valence-corrected chi connectivity index (χ4v) is 2.08. The van der Waals surface area contributed by atoms with Crippen molar-refractivity contribution in [2.24, 2.45) is 17.3 Å². The second-order valence-corrected chi connectivity index (χ2v) is 5.04. The molecule has 1 aliphatic rings. The Morgan fingerprint density at radius 1 is 1.57 bits per heavy atom. The average molecular weight is 239 g/mol. The molecule has 0 unspecified atom stereocenters. The van der Waals surface area contributed by atoms with Gasteiger partial charge < -0.3 is 4.74 Å². The Kier molecular flexibility index (Phi) is 3.49. The maximum absolute atomic E-state index is 11.5. The van der Waals surface area contributed by atoms with Gasteiger partial charge in [-0.1, -0.05) is 37.0 Å². The lowest BCUT2D eigenvalue weighted by Crippen LogP contribution is -2.10. The summed E-state index contributed by atoms with van der Waals surface area (Å²) in [4.78, 5) is 11.5. The molecule has 4 heteroatoms. The van der Waals surface area contributed by atoms with Crippen LogP contribution in [0.2, 0.25) is 0 Å². The van der Waals surface area contributed by atoms with Crippen LogP contribution in [-0.4, -0.2) is 12.6 Å². The Morgan fingerprint density at radius 2 is 2.14 bits per heavy atom. The van der Waals surface area contributed by atoms with Gasteiger partial charge >= 0.3 is 5.97 Å². The smallest absolute Gasteiger partial charge is 0.310 e. The third kappa shape index (κ3) is 2.23. The van der Waals surface area contributed by atoms with Crippen molar-refractivity contribution in [1.29, 1.82) is 0 Å². The van der Waals surface area contributed by atoms with Gasteiger partial charge in [0.05, 0.1) is 12.5 Å². The summed E-state index contributed by atoms with van der Waals surface area (Å²) in [6, 6.07) is 0. The van der Waals surface area contributed by atoms with Crippen LogP contribution in [0.3, 0.4) is 0 Å². The van der Waals surface area contributed by atoms with Crippen molar-refractivity contribution < 1.29 is 9.53 Å².